The zero-order chi connectivity index (χ0) is 22.9. The molecule has 0 aromatic carbocycles. The molecule has 0 radical (unpaired) electrons. The van der Waals surface area contributed by atoms with Crippen molar-refractivity contribution in [3.8, 4) is 0 Å². The number of piperidine rings is 1. The maximum absolute atomic E-state index is 12.7. The monoisotopic (exact) mass is 471 g/mol. The largest absolute Gasteiger partial charge is 0.498 e. The van der Waals surface area contributed by atoms with Gasteiger partial charge < -0.3 is 14.2 Å². The molecule has 0 aliphatic carbocycles. The van der Waals surface area contributed by atoms with E-state index in [0.717, 1.165) is 25.8 Å². The van der Waals surface area contributed by atoms with Gasteiger partial charge in [-0.2, -0.15) is 0 Å². The zero-order valence-electron chi connectivity index (χ0n) is 18.6. The van der Waals surface area contributed by atoms with Crippen molar-refractivity contribution >= 4 is 39.9 Å². The number of carbonyl (C=O) groups excluding carboxylic acids is 1. The lowest BCUT2D eigenvalue weighted by Crippen LogP contribution is -2.41. The molecule has 3 rings (SSSR count). The highest BCUT2D eigenvalue weighted by Gasteiger charge is 2.52. The van der Waals surface area contributed by atoms with Crippen molar-refractivity contribution in [2.24, 2.45) is 5.92 Å². The third-order valence-electron chi connectivity index (χ3n) is 6.46. The van der Waals surface area contributed by atoms with Crippen LogP contribution >= 0.6 is 11.6 Å². The van der Waals surface area contributed by atoms with Gasteiger partial charge >= 0.3 is 7.12 Å². The van der Waals surface area contributed by atoms with Crippen LogP contribution < -0.4 is 5.46 Å². The van der Waals surface area contributed by atoms with Crippen LogP contribution in [0.3, 0.4) is 0 Å². The summed E-state index contributed by atoms with van der Waals surface area (Å²) >= 11 is 5.65. The number of carbonyl (C=O) groups is 1. The van der Waals surface area contributed by atoms with Gasteiger partial charge in [-0.1, -0.05) is 0 Å². The highest BCUT2D eigenvalue weighted by Crippen LogP contribution is 2.36. The molecule has 1 amide bonds. The molecule has 11 heteroatoms. The highest BCUT2D eigenvalue weighted by molar-refractivity contribution is 7.91. The fourth-order valence-electron chi connectivity index (χ4n) is 3.85. The van der Waals surface area contributed by atoms with Crippen LogP contribution in [-0.4, -0.2) is 72.2 Å². The molecule has 2 fully saturated rings. The third-order valence-corrected chi connectivity index (χ3v) is 8.29. The van der Waals surface area contributed by atoms with E-state index < -0.39 is 28.2 Å². The summed E-state index contributed by atoms with van der Waals surface area (Å²) < 4.78 is 37.2. The molecule has 172 valence electrons. The maximum Gasteiger partial charge on any atom is 0.498 e. The van der Waals surface area contributed by atoms with Gasteiger partial charge in [0.15, 0.2) is 0 Å². The fourth-order valence-corrected chi connectivity index (χ4v) is 5.18. The summed E-state index contributed by atoms with van der Waals surface area (Å²) in [6.07, 6.45) is 6.06. The lowest BCUT2D eigenvalue weighted by molar-refractivity contribution is -0.130. The molecule has 3 heterocycles. The van der Waals surface area contributed by atoms with Crippen LogP contribution in [0.2, 0.25) is 0 Å². The van der Waals surface area contributed by atoms with E-state index >= 15 is 0 Å². The van der Waals surface area contributed by atoms with Crippen molar-refractivity contribution in [3.05, 3.63) is 12.4 Å². The Labute approximate surface area is 190 Å². The van der Waals surface area contributed by atoms with E-state index in [1.807, 2.05) is 27.7 Å². The van der Waals surface area contributed by atoms with Crippen molar-refractivity contribution in [3.63, 3.8) is 0 Å². The Morgan fingerprint density at radius 3 is 2.42 bits per heavy atom. The summed E-state index contributed by atoms with van der Waals surface area (Å²) in [5.41, 5.74) is -0.402. The smallest absolute Gasteiger partial charge is 0.399 e. The number of rotatable bonds is 7. The summed E-state index contributed by atoms with van der Waals surface area (Å²) in [4.78, 5) is 21.7. The van der Waals surface area contributed by atoms with Gasteiger partial charge in [-0.25, -0.2) is 18.4 Å². The highest BCUT2D eigenvalue weighted by atomic mass is 35.5. The van der Waals surface area contributed by atoms with E-state index in [-0.39, 0.29) is 22.7 Å². The molecule has 1 aromatic heterocycles. The number of hydrogen-bond donors (Lipinski definition) is 0. The van der Waals surface area contributed by atoms with Crippen molar-refractivity contribution in [1.29, 1.82) is 0 Å². The first kappa shape index (κ1) is 24.4. The van der Waals surface area contributed by atoms with Crippen LogP contribution in [0.15, 0.2) is 17.6 Å². The SMILES string of the molecule is CC1(C)OB(c2cnc(S(=O)(=O)CCC[C@H]3CCCN(C(=O)CCl)C3)nc2)OC1(C)C. The Hall–Kier alpha value is -1.23. The van der Waals surface area contributed by atoms with Gasteiger partial charge in [0.05, 0.1) is 17.0 Å². The first-order chi connectivity index (χ1) is 14.4. The molecular weight excluding hydrogens is 441 g/mol. The summed E-state index contributed by atoms with van der Waals surface area (Å²) in [6, 6.07) is 0. The van der Waals surface area contributed by atoms with Gasteiger partial charge in [0.2, 0.25) is 20.9 Å². The number of aromatic nitrogens is 2. The summed E-state index contributed by atoms with van der Waals surface area (Å²) in [6.45, 7) is 9.16. The van der Waals surface area contributed by atoms with E-state index in [9.17, 15) is 13.2 Å². The van der Waals surface area contributed by atoms with Crippen molar-refractivity contribution < 1.29 is 22.5 Å². The maximum atomic E-state index is 12.7. The first-order valence-corrected chi connectivity index (χ1v) is 12.9. The topological polar surface area (TPSA) is 98.7 Å². The van der Waals surface area contributed by atoms with Crippen molar-refractivity contribution in [2.75, 3.05) is 24.7 Å². The van der Waals surface area contributed by atoms with Crippen LogP contribution in [0.5, 0.6) is 0 Å². The van der Waals surface area contributed by atoms with Gasteiger partial charge in [-0.05, 0) is 59.3 Å². The van der Waals surface area contributed by atoms with Crippen LogP contribution in [0, 0.1) is 5.92 Å². The van der Waals surface area contributed by atoms with Crippen LogP contribution in [0.1, 0.15) is 53.4 Å². The Morgan fingerprint density at radius 2 is 1.84 bits per heavy atom. The predicted octanol–water partition coefficient (Wildman–Crippen LogP) is 1.81. The fraction of sp³-hybridized carbons (Fsp3) is 0.750. The minimum Gasteiger partial charge on any atom is -0.399 e. The van der Waals surface area contributed by atoms with E-state index in [4.69, 9.17) is 20.9 Å². The molecule has 0 N–H and O–H groups in total. The number of alkyl halides is 1. The summed E-state index contributed by atoms with van der Waals surface area (Å²) in [5.74, 6) is 0.195. The summed E-state index contributed by atoms with van der Waals surface area (Å²) in [7, 11) is -4.22. The van der Waals surface area contributed by atoms with E-state index in [1.165, 1.54) is 12.4 Å². The molecule has 2 saturated heterocycles. The average molecular weight is 472 g/mol. The standard InChI is InChI=1S/C20H31BClN3O5S/c1-19(2)20(3,4)30-21(29-19)16-12-23-18(24-13-16)31(27,28)10-6-8-15-7-5-9-25(14-15)17(26)11-22/h12-13,15H,5-11,14H2,1-4H3/t15-/m1/s1. The third kappa shape index (κ3) is 5.58. The predicted molar refractivity (Wildman–Crippen MR) is 119 cm³/mol. The average Bonchev–Trinajstić information content (AvgIpc) is 2.94. The van der Waals surface area contributed by atoms with Crippen LogP contribution in [0.25, 0.3) is 0 Å². The quantitative estimate of drug-likeness (QED) is 0.340. The number of halogens is 1. The lowest BCUT2D eigenvalue weighted by Gasteiger charge is -2.32. The molecule has 0 saturated carbocycles. The molecule has 0 bridgehead atoms. The first-order valence-electron chi connectivity index (χ1n) is 10.7. The molecule has 31 heavy (non-hydrogen) atoms. The van der Waals surface area contributed by atoms with Gasteiger partial charge in [0.25, 0.3) is 0 Å². The molecule has 8 nitrogen and oxygen atoms in total. The Morgan fingerprint density at radius 1 is 1.23 bits per heavy atom. The minimum absolute atomic E-state index is 0.0135. The molecule has 0 spiro atoms. The number of likely N-dealkylation sites (tertiary alicyclic amines) is 1. The van der Waals surface area contributed by atoms with Crippen molar-refractivity contribution in [2.45, 2.75) is 69.7 Å². The number of nitrogens with zero attached hydrogens (tertiary/aromatic N) is 3. The second kappa shape index (κ2) is 9.33. The van der Waals surface area contributed by atoms with Gasteiger partial charge in [0.1, 0.15) is 5.88 Å². The lowest BCUT2D eigenvalue weighted by atomic mass is 9.81. The molecule has 1 aromatic rings. The second-order valence-corrected chi connectivity index (χ2v) is 11.6. The second-order valence-electron chi connectivity index (χ2n) is 9.33. The number of sulfone groups is 1. The van der Waals surface area contributed by atoms with E-state index in [0.29, 0.717) is 24.3 Å². The zero-order valence-corrected chi connectivity index (χ0v) is 20.2. The number of amides is 1. The molecule has 0 unspecified atom stereocenters. The van der Waals surface area contributed by atoms with Gasteiger partial charge in [0, 0.05) is 30.9 Å². The number of hydrogen-bond acceptors (Lipinski definition) is 7. The van der Waals surface area contributed by atoms with E-state index in [1.54, 1.807) is 4.90 Å². The molecule has 1 atom stereocenters. The van der Waals surface area contributed by atoms with Crippen LogP contribution in [-0.2, 0) is 23.9 Å². The molecule has 2 aliphatic rings. The normalized spacial score (nSPS) is 23.2. The Bertz CT molecular complexity index is 879. The van der Waals surface area contributed by atoms with Crippen LogP contribution in [0.4, 0.5) is 0 Å². The Kier molecular flexibility index (Phi) is 7.35. The molecule has 2 aliphatic heterocycles. The van der Waals surface area contributed by atoms with Gasteiger partial charge in [-0.3, -0.25) is 4.79 Å². The molecular formula is C20H31BClN3O5S. The van der Waals surface area contributed by atoms with E-state index in [2.05, 4.69) is 9.97 Å². The summed E-state index contributed by atoms with van der Waals surface area (Å²) in [5, 5.41) is -0.185. The van der Waals surface area contributed by atoms with Crippen molar-refractivity contribution in [1.82, 2.24) is 14.9 Å². The Balaban J connectivity index is 1.55. The van der Waals surface area contributed by atoms with Gasteiger partial charge in [-0.15, -0.1) is 11.6 Å². The minimum atomic E-state index is -3.59.